The largest absolute Gasteiger partial charge is 0.469 e. The first-order chi connectivity index (χ1) is 9.20. The average molecular weight is 275 g/mol. The first-order valence-electron chi connectivity index (χ1n) is 6.08. The number of hydrogen-bond donors (Lipinski definition) is 0. The summed E-state index contributed by atoms with van der Waals surface area (Å²) in [4.78, 5) is 11.9. The summed E-state index contributed by atoms with van der Waals surface area (Å²) in [6.07, 6.45) is 0.581. The molecular formula is C16H15ClO2. The van der Waals surface area contributed by atoms with E-state index >= 15 is 0 Å². The van der Waals surface area contributed by atoms with Crippen LogP contribution in [0, 0.1) is 0 Å². The summed E-state index contributed by atoms with van der Waals surface area (Å²) in [6, 6.07) is 17.2. The van der Waals surface area contributed by atoms with E-state index in [0.717, 1.165) is 11.1 Å². The molecule has 0 amide bonds. The van der Waals surface area contributed by atoms with Gasteiger partial charge >= 0.3 is 5.97 Å². The van der Waals surface area contributed by atoms with Gasteiger partial charge < -0.3 is 4.74 Å². The lowest BCUT2D eigenvalue weighted by Gasteiger charge is -2.15. The van der Waals surface area contributed by atoms with E-state index in [2.05, 4.69) is 0 Å². The molecule has 1 unspecified atom stereocenters. The fraction of sp³-hybridized carbons (Fsp3) is 0.188. The van der Waals surface area contributed by atoms with Crippen LogP contribution < -0.4 is 0 Å². The number of benzene rings is 2. The van der Waals surface area contributed by atoms with Crippen molar-refractivity contribution in [1.29, 1.82) is 0 Å². The average Bonchev–Trinajstić information content (AvgIpc) is 2.45. The van der Waals surface area contributed by atoms with Gasteiger partial charge in [-0.25, -0.2) is 0 Å². The first kappa shape index (κ1) is 13.6. The maximum atomic E-state index is 11.9. The van der Waals surface area contributed by atoms with Gasteiger partial charge in [-0.3, -0.25) is 4.79 Å². The summed E-state index contributed by atoms with van der Waals surface area (Å²) in [5, 5.41) is 0.675. The topological polar surface area (TPSA) is 26.3 Å². The molecule has 0 aromatic heterocycles. The number of carbonyl (C=O) groups excluding carboxylic acids is 1. The number of methoxy groups -OCH3 is 1. The highest BCUT2D eigenvalue weighted by Gasteiger charge is 2.21. The van der Waals surface area contributed by atoms with E-state index in [4.69, 9.17) is 16.3 Å². The van der Waals surface area contributed by atoms with Crippen LogP contribution in [0.5, 0.6) is 0 Å². The molecule has 0 aliphatic heterocycles. The zero-order chi connectivity index (χ0) is 13.7. The Morgan fingerprint density at radius 3 is 2.53 bits per heavy atom. The van der Waals surface area contributed by atoms with Gasteiger partial charge in [0.15, 0.2) is 0 Å². The van der Waals surface area contributed by atoms with Crippen LogP contribution in [0.2, 0.25) is 5.02 Å². The lowest BCUT2D eigenvalue weighted by Crippen LogP contribution is -2.16. The van der Waals surface area contributed by atoms with Crippen LogP contribution in [0.15, 0.2) is 54.6 Å². The summed E-state index contributed by atoms with van der Waals surface area (Å²) in [6.45, 7) is 0. The van der Waals surface area contributed by atoms with Gasteiger partial charge in [-0.05, 0) is 29.7 Å². The van der Waals surface area contributed by atoms with Crippen LogP contribution in [0.1, 0.15) is 17.0 Å². The third kappa shape index (κ3) is 3.58. The lowest BCUT2D eigenvalue weighted by molar-refractivity contribution is -0.142. The Bertz CT molecular complexity index is 552. The van der Waals surface area contributed by atoms with Crippen molar-refractivity contribution in [2.75, 3.05) is 7.11 Å². The van der Waals surface area contributed by atoms with Gasteiger partial charge in [0, 0.05) is 5.02 Å². The predicted octanol–water partition coefficient (Wildman–Crippen LogP) is 3.84. The molecule has 0 saturated carbocycles. The van der Waals surface area contributed by atoms with Crippen molar-refractivity contribution in [3.05, 3.63) is 70.7 Å². The summed E-state index contributed by atoms with van der Waals surface area (Å²) < 4.78 is 4.90. The van der Waals surface area contributed by atoms with Gasteiger partial charge in [-0.15, -0.1) is 0 Å². The molecule has 3 heteroatoms. The molecule has 0 fully saturated rings. The molecule has 0 N–H and O–H groups in total. The maximum Gasteiger partial charge on any atom is 0.313 e. The van der Waals surface area contributed by atoms with Crippen molar-refractivity contribution in [2.45, 2.75) is 12.3 Å². The normalized spacial score (nSPS) is 11.9. The molecule has 0 heterocycles. The first-order valence-corrected chi connectivity index (χ1v) is 6.45. The van der Waals surface area contributed by atoms with Gasteiger partial charge in [0.05, 0.1) is 13.0 Å². The van der Waals surface area contributed by atoms with E-state index < -0.39 is 0 Å². The molecule has 0 spiro atoms. The Morgan fingerprint density at radius 2 is 1.89 bits per heavy atom. The van der Waals surface area contributed by atoms with Crippen LogP contribution in [-0.2, 0) is 16.0 Å². The number of rotatable bonds is 4. The van der Waals surface area contributed by atoms with Gasteiger partial charge in [0.2, 0.25) is 0 Å². The summed E-state index contributed by atoms with van der Waals surface area (Å²) >= 11 is 5.97. The molecule has 2 aromatic carbocycles. The minimum Gasteiger partial charge on any atom is -0.469 e. The molecule has 0 radical (unpaired) electrons. The highest BCUT2D eigenvalue weighted by Crippen LogP contribution is 2.23. The summed E-state index contributed by atoms with van der Waals surface area (Å²) in [7, 11) is 1.41. The molecule has 0 aliphatic carbocycles. The minimum absolute atomic E-state index is 0.230. The van der Waals surface area contributed by atoms with E-state index in [1.807, 2.05) is 54.6 Å². The molecule has 0 saturated heterocycles. The molecule has 2 aromatic rings. The molecular weight excluding hydrogens is 260 g/mol. The van der Waals surface area contributed by atoms with E-state index in [9.17, 15) is 4.79 Å². The molecule has 0 bridgehead atoms. The number of halogens is 1. The van der Waals surface area contributed by atoms with Crippen LogP contribution in [0.25, 0.3) is 0 Å². The second-order valence-corrected chi connectivity index (χ2v) is 4.76. The highest BCUT2D eigenvalue weighted by atomic mass is 35.5. The van der Waals surface area contributed by atoms with Crippen molar-refractivity contribution in [3.63, 3.8) is 0 Å². The molecule has 0 aliphatic rings. The van der Waals surface area contributed by atoms with Crippen molar-refractivity contribution >= 4 is 17.6 Å². The smallest absolute Gasteiger partial charge is 0.313 e. The highest BCUT2D eigenvalue weighted by molar-refractivity contribution is 6.30. The van der Waals surface area contributed by atoms with Gasteiger partial charge in [0.1, 0.15) is 0 Å². The Kier molecular flexibility index (Phi) is 4.58. The van der Waals surface area contributed by atoms with E-state index in [1.54, 1.807) is 0 Å². The standard InChI is InChI=1S/C16H15ClO2/c1-19-16(18)15(13-7-3-2-4-8-13)11-12-6-5-9-14(17)10-12/h2-10,15H,11H2,1H3. The van der Waals surface area contributed by atoms with Crippen LogP contribution in [0.3, 0.4) is 0 Å². The zero-order valence-electron chi connectivity index (χ0n) is 10.7. The van der Waals surface area contributed by atoms with E-state index in [0.29, 0.717) is 11.4 Å². The van der Waals surface area contributed by atoms with Crippen LogP contribution in [0.4, 0.5) is 0 Å². The maximum absolute atomic E-state index is 11.9. The molecule has 2 rings (SSSR count). The van der Waals surface area contributed by atoms with Gasteiger partial charge in [-0.2, -0.15) is 0 Å². The number of esters is 1. The quantitative estimate of drug-likeness (QED) is 0.792. The molecule has 2 nitrogen and oxygen atoms in total. The monoisotopic (exact) mass is 274 g/mol. The third-order valence-corrected chi connectivity index (χ3v) is 3.25. The van der Waals surface area contributed by atoms with E-state index in [1.165, 1.54) is 7.11 Å². The van der Waals surface area contributed by atoms with Gasteiger partial charge in [-0.1, -0.05) is 54.1 Å². The molecule has 19 heavy (non-hydrogen) atoms. The summed E-state index contributed by atoms with van der Waals surface area (Å²) in [5.74, 6) is -0.532. The fourth-order valence-electron chi connectivity index (χ4n) is 2.06. The van der Waals surface area contributed by atoms with Crippen LogP contribution >= 0.6 is 11.6 Å². The second kappa shape index (κ2) is 6.39. The van der Waals surface area contributed by atoms with Crippen molar-refractivity contribution in [1.82, 2.24) is 0 Å². The fourth-order valence-corrected chi connectivity index (χ4v) is 2.28. The lowest BCUT2D eigenvalue weighted by atomic mass is 9.92. The predicted molar refractivity (Wildman–Crippen MR) is 76.4 cm³/mol. The Balaban J connectivity index is 2.27. The minimum atomic E-state index is -0.301. The van der Waals surface area contributed by atoms with Crippen molar-refractivity contribution in [3.8, 4) is 0 Å². The van der Waals surface area contributed by atoms with Crippen molar-refractivity contribution in [2.24, 2.45) is 0 Å². The van der Waals surface area contributed by atoms with Crippen LogP contribution in [-0.4, -0.2) is 13.1 Å². The SMILES string of the molecule is COC(=O)C(Cc1cccc(Cl)c1)c1ccccc1. The number of ether oxygens (including phenoxy) is 1. The third-order valence-electron chi connectivity index (χ3n) is 3.02. The Morgan fingerprint density at radius 1 is 1.16 bits per heavy atom. The molecule has 98 valence electrons. The second-order valence-electron chi connectivity index (χ2n) is 4.32. The van der Waals surface area contributed by atoms with Gasteiger partial charge in [0.25, 0.3) is 0 Å². The van der Waals surface area contributed by atoms with E-state index in [-0.39, 0.29) is 11.9 Å². The molecule has 1 atom stereocenters. The Hall–Kier alpha value is -1.80. The Labute approximate surface area is 118 Å². The summed E-state index contributed by atoms with van der Waals surface area (Å²) in [5.41, 5.74) is 1.97. The zero-order valence-corrected chi connectivity index (χ0v) is 11.4. The number of hydrogen-bond acceptors (Lipinski definition) is 2. The van der Waals surface area contributed by atoms with Crippen molar-refractivity contribution < 1.29 is 9.53 Å². The number of carbonyl (C=O) groups is 1.